The number of benzene rings is 2. The molecule has 0 amide bonds. The van der Waals surface area contributed by atoms with Crippen LogP contribution in [0.2, 0.25) is 0 Å². The molecule has 0 saturated heterocycles. The van der Waals surface area contributed by atoms with Crippen molar-refractivity contribution < 1.29 is 4.74 Å². The molecule has 102 valence electrons. The molecule has 0 aliphatic carbocycles. The van der Waals surface area contributed by atoms with Gasteiger partial charge in [0.15, 0.2) is 0 Å². The molecule has 20 heavy (non-hydrogen) atoms. The van der Waals surface area contributed by atoms with E-state index in [1.807, 2.05) is 36.4 Å². The first-order chi connectivity index (χ1) is 9.65. The van der Waals surface area contributed by atoms with Crippen LogP contribution in [-0.4, -0.2) is 7.11 Å². The van der Waals surface area contributed by atoms with Gasteiger partial charge in [-0.05, 0) is 52.7 Å². The maximum Gasteiger partial charge on any atom is 0.133 e. The smallest absolute Gasteiger partial charge is 0.133 e. The summed E-state index contributed by atoms with van der Waals surface area (Å²) in [5.74, 6) is 0.804. The van der Waals surface area contributed by atoms with Crippen LogP contribution in [0.5, 0.6) is 5.75 Å². The van der Waals surface area contributed by atoms with Gasteiger partial charge < -0.3 is 10.1 Å². The number of hydrogen-bond donors (Lipinski definition) is 1. The van der Waals surface area contributed by atoms with E-state index in [2.05, 4.69) is 34.2 Å². The molecule has 1 N–H and O–H groups in total. The first-order valence-corrected chi connectivity index (χ1v) is 7.04. The molecule has 0 fully saturated rings. The number of nitrogens with one attached hydrogen (secondary N) is 1. The molecule has 0 aliphatic rings. The van der Waals surface area contributed by atoms with Crippen molar-refractivity contribution in [3.05, 3.63) is 58.1 Å². The maximum absolute atomic E-state index is 9.10. The quantitative estimate of drug-likeness (QED) is 0.897. The number of ether oxygens (including phenoxy) is 1. The van der Waals surface area contributed by atoms with Crippen molar-refractivity contribution >= 4 is 21.6 Å². The summed E-state index contributed by atoms with van der Waals surface area (Å²) in [6.45, 7) is 2.06. The van der Waals surface area contributed by atoms with E-state index < -0.39 is 0 Å². The molecule has 1 atom stereocenters. The zero-order chi connectivity index (χ0) is 14.5. The van der Waals surface area contributed by atoms with Crippen LogP contribution < -0.4 is 10.1 Å². The van der Waals surface area contributed by atoms with E-state index in [0.717, 1.165) is 21.5 Å². The van der Waals surface area contributed by atoms with Gasteiger partial charge in [0.2, 0.25) is 0 Å². The minimum atomic E-state index is 0.0895. The molecule has 2 aromatic rings. The molecule has 2 aromatic carbocycles. The predicted octanol–water partition coefficient (Wildman–Crippen LogP) is 4.50. The molecule has 0 heterocycles. The van der Waals surface area contributed by atoms with Crippen molar-refractivity contribution in [2.45, 2.75) is 13.0 Å². The number of nitriles is 1. The molecular weight excluding hydrogens is 316 g/mol. The molecule has 0 aliphatic heterocycles. The van der Waals surface area contributed by atoms with E-state index in [1.54, 1.807) is 13.2 Å². The number of para-hydroxylation sites is 1. The minimum Gasteiger partial charge on any atom is -0.496 e. The SMILES string of the molecule is COc1ccc(C(C)Nc2ccccc2C#N)cc1Br. The van der Waals surface area contributed by atoms with Gasteiger partial charge in [0, 0.05) is 6.04 Å². The van der Waals surface area contributed by atoms with Crippen molar-refractivity contribution in [1.82, 2.24) is 0 Å². The molecule has 0 spiro atoms. The molecule has 1 unspecified atom stereocenters. The van der Waals surface area contributed by atoms with Crippen molar-refractivity contribution in [2.75, 3.05) is 12.4 Å². The first-order valence-electron chi connectivity index (χ1n) is 6.25. The molecule has 0 saturated carbocycles. The van der Waals surface area contributed by atoms with Gasteiger partial charge in [-0.3, -0.25) is 0 Å². The fraction of sp³-hybridized carbons (Fsp3) is 0.188. The fourth-order valence-corrected chi connectivity index (χ4v) is 2.53. The van der Waals surface area contributed by atoms with E-state index in [-0.39, 0.29) is 6.04 Å². The van der Waals surface area contributed by atoms with E-state index >= 15 is 0 Å². The second-order valence-corrected chi connectivity index (χ2v) is 5.27. The van der Waals surface area contributed by atoms with Crippen LogP contribution in [0.4, 0.5) is 5.69 Å². The van der Waals surface area contributed by atoms with Gasteiger partial charge >= 0.3 is 0 Å². The van der Waals surface area contributed by atoms with Crippen molar-refractivity contribution in [2.24, 2.45) is 0 Å². The van der Waals surface area contributed by atoms with Gasteiger partial charge in [-0.15, -0.1) is 0 Å². The Balaban J connectivity index is 2.22. The lowest BCUT2D eigenvalue weighted by Gasteiger charge is -2.17. The Morgan fingerprint density at radius 1 is 1.25 bits per heavy atom. The first kappa shape index (κ1) is 14.4. The Bertz CT molecular complexity index is 649. The highest BCUT2D eigenvalue weighted by Crippen LogP contribution is 2.29. The van der Waals surface area contributed by atoms with Gasteiger partial charge in [-0.25, -0.2) is 0 Å². The summed E-state index contributed by atoms with van der Waals surface area (Å²) in [5, 5.41) is 12.5. The molecule has 3 nitrogen and oxygen atoms in total. The average Bonchev–Trinajstić information content (AvgIpc) is 2.47. The molecule has 0 radical (unpaired) electrons. The Kier molecular flexibility index (Phi) is 4.65. The number of anilines is 1. The summed E-state index contributed by atoms with van der Waals surface area (Å²) in [5.41, 5.74) is 2.60. The lowest BCUT2D eigenvalue weighted by atomic mass is 10.1. The van der Waals surface area contributed by atoms with Crippen molar-refractivity contribution in [1.29, 1.82) is 5.26 Å². The van der Waals surface area contributed by atoms with E-state index in [4.69, 9.17) is 10.00 Å². The second kappa shape index (κ2) is 6.44. The standard InChI is InChI=1S/C16H15BrN2O/c1-11(12-7-8-16(20-2)14(17)9-12)19-15-6-4-3-5-13(15)10-18/h3-9,11,19H,1-2H3. The highest BCUT2D eigenvalue weighted by Gasteiger charge is 2.10. The largest absolute Gasteiger partial charge is 0.496 e. The number of halogens is 1. The third-order valence-electron chi connectivity index (χ3n) is 3.10. The molecular formula is C16H15BrN2O. The van der Waals surface area contributed by atoms with E-state index in [1.165, 1.54) is 0 Å². The van der Waals surface area contributed by atoms with Gasteiger partial charge in [0.05, 0.1) is 22.8 Å². The number of rotatable bonds is 4. The number of hydrogen-bond acceptors (Lipinski definition) is 3. The highest BCUT2D eigenvalue weighted by atomic mass is 79.9. The van der Waals surface area contributed by atoms with Gasteiger partial charge in [0.1, 0.15) is 11.8 Å². The zero-order valence-corrected chi connectivity index (χ0v) is 12.9. The zero-order valence-electron chi connectivity index (χ0n) is 11.4. The van der Waals surface area contributed by atoms with E-state index in [0.29, 0.717) is 5.56 Å². The van der Waals surface area contributed by atoms with Gasteiger partial charge in [-0.1, -0.05) is 18.2 Å². The van der Waals surface area contributed by atoms with Gasteiger partial charge in [-0.2, -0.15) is 5.26 Å². The molecule has 2 rings (SSSR count). The monoisotopic (exact) mass is 330 g/mol. The van der Waals surface area contributed by atoms with Crippen LogP contribution in [0.25, 0.3) is 0 Å². The summed E-state index contributed by atoms with van der Waals surface area (Å²) in [6, 6.07) is 15.7. The summed E-state index contributed by atoms with van der Waals surface area (Å²) in [7, 11) is 1.64. The third-order valence-corrected chi connectivity index (χ3v) is 3.72. The Morgan fingerprint density at radius 3 is 2.65 bits per heavy atom. The fourth-order valence-electron chi connectivity index (χ4n) is 1.98. The average molecular weight is 331 g/mol. The Morgan fingerprint density at radius 2 is 2.00 bits per heavy atom. The third kappa shape index (κ3) is 3.12. The van der Waals surface area contributed by atoms with Crippen molar-refractivity contribution in [3.8, 4) is 11.8 Å². The maximum atomic E-state index is 9.10. The van der Waals surface area contributed by atoms with Crippen molar-refractivity contribution in [3.63, 3.8) is 0 Å². The summed E-state index contributed by atoms with van der Waals surface area (Å²) in [6.07, 6.45) is 0. The Hall–Kier alpha value is -1.99. The lowest BCUT2D eigenvalue weighted by molar-refractivity contribution is 0.412. The summed E-state index contributed by atoms with van der Waals surface area (Å²) < 4.78 is 6.14. The minimum absolute atomic E-state index is 0.0895. The van der Waals surface area contributed by atoms with Crippen LogP contribution in [0.15, 0.2) is 46.9 Å². The number of methoxy groups -OCH3 is 1. The van der Waals surface area contributed by atoms with Gasteiger partial charge in [0.25, 0.3) is 0 Å². The van der Waals surface area contributed by atoms with Crippen LogP contribution >= 0.6 is 15.9 Å². The second-order valence-electron chi connectivity index (χ2n) is 4.42. The van der Waals surface area contributed by atoms with Crippen LogP contribution in [0.3, 0.4) is 0 Å². The lowest BCUT2D eigenvalue weighted by Crippen LogP contribution is -2.07. The van der Waals surface area contributed by atoms with Crippen LogP contribution in [0.1, 0.15) is 24.1 Å². The van der Waals surface area contributed by atoms with Crippen LogP contribution in [-0.2, 0) is 0 Å². The topological polar surface area (TPSA) is 45.0 Å². The van der Waals surface area contributed by atoms with E-state index in [9.17, 15) is 0 Å². The molecule has 4 heteroatoms. The summed E-state index contributed by atoms with van der Waals surface area (Å²) >= 11 is 3.48. The Labute approximate surface area is 127 Å². The number of nitrogens with zero attached hydrogens (tertiary/aromatic N) is 1. The summed E-state index contributed by atoms with van der Waals surface area (Å²) in [4.78, 5) is 0. The molecule has 0 bridgehead atoms. The predicted molar refractivity (Wildman–Crippen MR) is 83.9 cm³/mol. The van der Waals surface area contributed by atoms with Crippen LogP contribution in [0, 0.1) is 11.3 Å². The normalized spacial score (nSPS) is 11.5. The molecule has 0 aromatic heterocycles. The highest BCUT2D eigenvalue weighted by molar-refractivity contribution is 9.10.